The third-order valence-corrected chi connectivity index (χ3v) is 7.40. The fraction of sp³-hybridized carbons (Fsp3) is 0.538. The van der Waals surface area contributed by atoms with E-state index in [1.54, 1.807) is 11.8 Å². The van der Waals surface area contributed by atoms with Crippen molar-refractivity contribution in [1.82, 2.24) is 0 Å². The molecule has 0 aromatic heterocycles. The molecule has 1 N–H and O–H groups in total. The molecular weight excluding hydrogens is 304 g/mol. The Morgan fingerprint density at radius 3 is 2.94 bits per heavy atom. The summed E-state index contributed by atoms with van der Waals surface area (Å²) in [5.41, 5.74) is 0. The fourth-order valence-electron chi connectivity index (χ4n) is 1.91. The summed E-state index contributed by atoms with van der Waals surface area (Å²) in [7, 11) is 0. The van der Waals surface area contributed by atoms with Gasteiger partial charge in [-0.05, 0) is 18.2 Å². The Labute approximate surface area is 126 Å². The highest BCUT2D eigenvalue weighted by molar-refractivity contribution is 8.07. The first-order valence-corrected chi connectivity index (χ1v) is 9.42. The Hall–Kier alpha value is 0.520. The van der Waals surface area contributed by atoms with Crippen LogP contribution in [-0.4, -0.2) is 39.0 Å². The van der Waals surface area contributed by atoms with Crippen LogP contribution in [0.25, 0.3) is 0 Å². The number of hydrogen-bond acceptors (Lipinski definition) is 4. The van der Waals surface area contributed by atoms with Crippen molar-refractivity contribution in [3.05, 3.63) is 29.3 Å². The minimum atomic E-state index is -0.248. The predicted molar refractivity (Wildman–Crippen MR) is 86.3 cm³/mol. The fourth-order valence-corrected chi connectivity index (χ4v) is 6.08. The van der Waals surface area contributed by atoms with Crippen molar-refractivity contribution in [2.45, 2.75) is 28.4 Å². The number of benzene rings is 1. The number of rotatable bonds is 4. The van der Waals surface area contributed by atoms with Gasteiger partial charge in [0.1, 0.15) is 0 Å². The number of aliphatic hydroxyl groups excluding tert-OH is 1. The summed E-state index contributed by atoms with van der Waals surface area (Å²) in [4.78, 5) is 1.13. The number of halogens is 1. The van der Waals surface area contributed by atoms with Gasteiger partial charge in [0.25, 0.3) is 0 Å². The molecule has 1 nitrogen and oxygen atoms in total. The lowest BCUT2D eigenvalue weighted by Gasteiger charge is -2.31. The largest absolute Gasteiger partial charge is 0.391 e. The smallest absolute Gasteiger partial charge is 0.0763 e. The van der Waals surface area contributed by atoms with E-state index < -0.39 is 0 Å². The first-order chi connectivity index (χ1) is 8.66. The molecule has 1 aromatic rings. The van der Waals surface area contributed by atoms with Gasteiger partial charge in [-0.2, -0.15) is 23.5 Å². The van der Waals surface area contributed by atoms with E-state index in [2.05, 4.69) is 6.92 Å². The summed E-state index contributed by atoms with van der Waals surface area (Å²) < 4.78 is 0. The van der Waals surface area contributed by atoms with Crippen molar-refractivity contribution in [1.29, 1.82) is 0 Å². The Morgan fingerprint density at radius 1 is 1.44 bits per heavy atom. The third kappa shape index (κ3) is 4.27. The van der Waals surface area contributed by atoms with Gasteiger partial charge in [-0.15, -0.1) is 11.8 Å². The molecule has 0 spiro atoms. The van der Waals surface area contributed by atoms with E-state index in [1.165, 1.54) is 5.75 Å². The van der Waals surface area contributed by atoms with Gasteiger partial charge in [0, 0.05) is 37.7 Å². The van der Waals surface area contributed by atoms with E-state index in [1.807, 2.05) is 47.8 Å². The monoisotopic (exact) mass is 320 g/mol. The maximum absolute atomic E-state index is 10.3. The molecule has 1 heterocycles. The van der Waals surface area contributed by atoms with Crippen molar-refractivity contribution in [2.75, 3.05) is 17.3 Å². The van der Waals surface area contributed by atoms with E-state index >= 15 is 0 Å². The summed E-state index contributed by atoms with van der Waals surface area (Å²) in [6.07, 6.45) is -0.248. The zero-order chi connectivity index (χ0) is 13.0. The minimum absolute atomic E-state index is 0.248. The lowest BCUT2D eigenvalue weighted by molar-refractivity contribution is 0.195. The van der Waals surface area contributed by atoms with E-state index in [4.69, 9.17) is 11.6 Å². The predicted octanol–water partition coefficient (Wildman–Crippen LogP) is 4.03. The molecule has 5 heteroatoms. The highest BCUT2D eigenvalue weighted by atomic mass is 35.5. The molecular formula is C13H17ClOS3. The molecule has 2 rings (SSSR count). The van der Waals surface area contributed by atoms with Crippen LogP contribution in [0.15, 0.2) is 29.2 Å². The van der Waals surface area contributed by atoms with Crippen molar-refractivity contribution in [2.24, 2.45) is 0 Å². The first kappa shape index (κ1) is 14.9. The van der Waals surface area contributed by atoms with Crippen LogP contribution in [0.3, 0.4) is 0 Å². The average Bonchev–Trinajstić information content (AvgIpc) is 2.37. The molecule has 0 radical (unpaired) electrons. The van der Waals surface area contributed by atoms with Crippen LogP contribution in [0.1, 0.15) is 6.92 Å². The lowest BCUT2D eigenvalue weighted by atomic mass is 10.2. The Morgan fingerprint density at radius 2 is 2.22 bits per heavy atom. The average molecular weight is 321 g/mol. The van der Waals surface area contributed by atoms with Crippen LogP contribution in [0.2, 0.25) is 5.02 Å². The van der Waals surface area contributed by atoms with Crippen molar-refractivity contribution < 1.29 is 5.11 Å². The topological polar surface area (TPSA) is 20.2 Å². The highest BCUT2D eigenvalue weighted by Crippen LogP contribution is 2.34. The van der Waals surface area contributed by atoms with Crippen molar-refractivity contribution in [3.63, 3.8) is 0 Å². The van der Waals surface area contributed by atoms with E-state index in [-0.39, 0.29) is 6.10 Å². The molecule has 3 unspecified atom stereocenters. The molecule has 1 aromatic carbocycles. The molecule has 0 bridgehead atoms. The van der Waals surface area contributed by atoms with E-state index in [9.17, 15) is 5.11 Å². The van der Waals surface area contributed by atoms with Gasteiger partial charge in [0.2, 0.25) is 0 Å². The molecule has 1 aliphatic rings. The zero-order valence-electron chi connectivity index (χ0n) is 10.2. The van der Waals surface area contributed by atoms with Crippen LogP contribution < -0.4 is 0 Å². The number of thioether (sulfide) groups is 3. The van der Waals surface area contributed by atoms with Crippen LogP contribution in [-0.2, 0) is 0 Å². The third-order valence-electron chi connectivity index (χ3n) is 2.83. The summed E-state index contributed by atoms with van der Waals surface area (Å²) in [6, 6.07) is 7.81. The van der Waals surface area contributed by atoms with Gasteiger partial charge in [0.05, 0.1) is 6.10 Å². The molecule has 3 atom stereocenters. The molecule has 0 saturated carbocycles. The van der Waals surface area contributed by atoms with Crippen LogP contribution in [0.4, 0.5) is 0 Å². The van der Waals surface area contributed by atoms with Gasteiger partial charge in [-0.3, -0.25) is 0 Å². The van der Waals surface area contributed by atoms with Crippen LogP contribution >= 0.6 is 46.9 Å². The lowest BCUT2D eigenvalue weighted by Crippen LogP contribution is -2.36. The van der Waals surface area contributed by atoms with Crippen LogP contribution in [0.5, 0.6) is 0 Å². The van der Waals surface area contributed by atoms with Gasteiger partial charge in [-0.1, -0.05) is 24.6 Å². The molecule has 0 amide bonds. The second kappa shape index (κ2) is 7.34. The van der Waals surface area contributed by atoms with Crippen molar-refractivity contribution >= 4 is 46.9 Å². The number of hydrogen-bond donors (Lipinski definition) is 1. The van der Waals surface area contributed by atoms with E-state index in [0.29, 0.717) is 10.5 Å². The zero-order valence-corrected chi connectivity index (χ0v) is 13.4. The van der Waals surface area contributed by atoms with Crippen LogP contribution in [0, 0.1) is 0 Å². The molecule has 1 saturated heterocycles. The summed E-state index contributed by atoms with van der Waals surface area (Å²) in [5, 5.41) is 11.9. The summed E-state index contributed by atoms with van der Waals surface area (Å²) >= 11 is 11.5. The maximum Gasteiger partial charge on any atom is 0.0763 e. The van der Waals surface area contributed by atoms with Crippen molar-refractivity contribution in [3.8, 4) is 0 Å². The summed E-state index contributed by atoms with van der Waals surface area (Å²) in [5.74, 6) is 3.10. The first-order valence-electron chi connectivity index (χ1n) is 5.96. The van der Waals surface area contributed by atoms with Gasteiger partial charge in [-0.25, -0.2) is 0 Å². The second-order valence-electron chi connectivity index (χ2n) is 4.25. The molecule has 100 valence electrons. The number of aliphatic hydroxyl groups is 1. The Kier molecular flexibility index (Phi) is 6.09. The Balaban J connectivity index is 1.85. The summed E-state index contributed by atoms with van der Waals surface area (Å²) in [6.45, 7) is 2.22. The maximum atomic E-state index is 10.3. The molecule has 0 aliphatic carbocycles. The quantitative estimate of drug-likeness (QED) is 0.845. The molecule has 18 heavy (non-hydrogen) atoms. The molecule has 1 aliphatic heterocycles. The molecule has 1 fully saturated rings. The van der Waals surface area contributed by atoms with Gasteiger partial charge >= 0.3 is 0 Å². The second-order valence-corrected chi connectivity index (χ2v) is 8.55. The van der Waals surface area contributed by atoms with E-state index in [0.717, 1.165) is 21.4 Å². The van der Waals surface area contributed by atoms with Gasteiger partial charge < -0.3 is 5.11 Å². The Bertz CT molecular complexity index is 388. The normalized spacial score (nSPS) is 25.9. The van der Waals surface area contributed by atoms with Gasteiger partial charge in [0.15, 0.2) is 0 Å². The SMILES string of the molecule is CC1SCCSC1C(O)CSc1cccc(Cl)c1. The minimum Gasteiger partial charge on any atom is -0.391 e. The highest BCUT2D eigenvalue weighted by Gasteiger charge is 2.28. The standard InChI is InChI=1S/C13H17ClOS3/c1-9-13(17-6-5-16-9)12(15)8-18-11-4-2-3-10(14)7-11/h2-4,7,9,12-13,15H,5-6,8H2,1H3.